The molecule has 0 radical (unpaired) electrons. The van der Waals surface area contributed by atoms with Gasteiger partial charge in [0.25, 0.3) is 0 Å². The predicted molar refractivity (Wildman–Crippen MR) is 60.0 cm³/mol. The zero-order chi connectivity index (χ0) is 13.3. The molecule has 0 unspecified atom stereocenters. The number of rotatable bonds is 2. The second-order valence-corrected chi connectivity index (χ2v) is 3.91. The fourth-order valence-electron chi connectivity index (χ4n) is 1.27. The lowest BCUT2D eigenvalue weighted by Gasteiger charge is -2.09. The SMILES string of the molecule is Fc1cc(F)c(F)c(Oc2ccc(S)cc2)c1F. The first-order chi connectivity index (χ1) is 8.49. The zero-order valence-electron chi connectivity index (χ0n) is 8.75. The van der Waals surface area contributed by atoms with Crippen molar-refractivity contribution in [2.24, 2.45) is 0 Å². The fraction of sp³-hybridized carbons (Fsp3) is 0. The van der Waals surface area contributed by atoms with E-state index in [2.05, 4.69) is 12.6 Å². The molecule has 6 heteroatoms. The first kappa shape index (κ1) is 12.8. The van der Waals surface area contributed by atoms with Crippen LogP contribution in [0.1, 0.15) is 0 Å². The van der Waals surface area contributed by atoms with E-state index >= 15 is 0 Å². The van der Waals surface area contributed by atoms with E-state index in [1.165, 1.54) is 24.3 Å². The molecule has 2 aromatic rings. The van der Waals surface area contributed by atoms with Gasteiger partial charge in [0.2, 0.25) is 17.4 Å². The van der Waals surface area contributed by atoms with E-state index < -0.39 is 29.0 Å². The van der Waals surface area contributed by atoms with Crippen LogP contribution in [0.2, 0.25) is 0 Å². The molecule has 0 heterocycles. The van der Waals surface area contributed by atoms with Crippen LogP contribution in [-0.2, 0) is 0 Å². The summed E-state index contributed by atoms with van der Waals surface area (Å²) >= 11 is 4.01. The lowest BCUT2D eigenvalue weighted by Crippen LogP contribution is -1.99. The monoisotopic (exact) mass is 274 g/mol. The third kappa shape index (κ3) is 2.43. The lowest BCUT2D eigenvalue weighted by atomic mass is 10.3. The molecule has 0 aromatic heterocycles. The standard InChI is InChI=1S/C12H6F4OS/c13-8-5-9(14)11(16)12(10(8)15)17-6-1-3-7(18)4-2-6/h1-5,18H. The van der Waals surface area contributed by atoms with E-state index in [0.29, 0.717) is 4.90 Å². The highest BCUT2D eigenvalue weighted by Gasteiger charge is 2.21. The van der Waals surface area contributed by atoms with Gasteiger partial charge in [-0.05, 0) is 24.3 Å². The Morgan fingerprint density at radius 2 is 1.33 bits per heavy atom. The Kier molecular flexibility index (Phi) is 3.47. The predicted octanol–water partition coefficient (Wildman–Crippen LogP) is 4.32. The quantitative estimate of drug-likeness (QED) is 0.487. The summed E-state index contributed by atoms with van der Waals surface area (Å²) in [7, 11) is 0. The number of hydrogen-bond acceptors (Lipinski definition) is 2. The van der Waals surface area contributed by atoms with Crippen LogP contribution >= 0.6 is 12.6 Å². The van der Waals surface area contributed by atoms with Crippen molar-refractivity contribution >= 4 is 12.6 Å². The van der Waals surface area contributed by atoms with Crippen LogP contribution in [0.25, 0.3) is 0 Å². The summed E-state index contributed by atoms with van der Waals surface area (Å²) in [5, 5.41) is 0. The highest BCUT2D eigenvalue weighted by molar-refractivity contribution is 7.80. The van der Waals surface area contributed by atoms with Gasteiger partial charge in [0.15, 0.2) is 11.6 Å². The minimum absolute atomic E-state index is 0.0376. The van der Waals surface area contributed by atoms with Gasteiger partial charge in [0, 0.05) is 11.0 Å². The minimum atomic E-state index is -1.58. The summed E-state index contributed by atoms with van der Waals surface area (Å²) in [5.74, 6) is -7.27. The first-order valence-electron chi connectivity index (χ1n) is 4.79. The van der Waals surface area contributed by atoms with Crippen molar-refractivity contribution in [3.63, 3.8) is 0 Å². The molecule has 2 rings (SSSR count). The largest absolute Gasteiger partial charge is 0.451 e. The highest BCUT2D eigenvalue weighted by atomic mass is 32.1. The average molecular weight is 274 g/mol. The molecule has 0 fully saturated rings. The summed E-state index contributed by atoms with van der Waals surface area (Å²) < 4.78 is 57.2. The van der Waals surface area contributed by atoms with Gasteiger partial charge in [-0.25, -0.2) is 8.78 Å². The Morgan fingerprint density at radius 1 is 0.833 bits per heavy atom. The van der Waals surface area contributed by atoms with Crippen molar-refractivity contribution in [3.05, 3.63) is 53.6 Å². The van der Waals surface area contributed by atoms with Crippen LogP contribution in [-0.4, -0.2) is 0 Å². The number of ether oxygens (including phenoxy) is 1. The second-order valence-electron chi connectivity index (χ2n) is 3.39. The molecule has 2 aromatic carbocycles. The van der Waals surface area contributed by atoms with Crippen LogP contribution in [0.4, 0.5) is 17.6 Å². The van der Waals surface area contributed by atoms with E-state index in [0.717, 1.165) is 0 Å². The minimum Gasteiger partial charge on any atom is -0.451 e. The number of hydrogen-bond donors (Lipinski definition) is 1. The van der Waals surface area contributed by atoms with Gasteiger partial charge < -0.3 is 4.74 Å². The molecule has 0 amide bonds. The highest BCUT2D eigenvalue weighted by Crippen LogP contribution is 2.31. The van der Waals surface area contributed by atoms with Crippen molar-refractivity contribution in [2.45, 2.75) is 4.90 Å². The molecule has 0 spiro atoms. The van der Waals surface area contributed by atoms with Gasteiger partial charge >= 0.3 is 0 Å². The van der Waals surface area contributed by atoms with Crippen LogP contribution in [0.15, 0.2) is 35.2 Å². The molecule has 0 N–H and O–H groups in total. The molecule has 18 heavy (non-hydrogen) atoms. The summed E-state index contributed by atoms with van der Waals surface area (Å²) in [4.78, 5) is 0.605. The van der Waals surface area contributed by atoms with E-state index in [-0.39, 0.29) is 11.8 Å². The summed E-state index contributed by atoms with van der Waals surface area (Å²) in [6.45, 7) is 0. The van der Waals surface area contributed by atoms with Crippen molar-refractivity contribution < 1.29 is 22.3 Å². The second kappa shape index (κ2) is 4.89. The maximum Gasteiger partial charge on any atom is 0.204 e. The van der Waals surface area contributed by atoms with Crippen LogP contribution in [0.5, 0.6) is 11.5 Å². The molecule has 0 atom stereocenters. The fourth-order valence-corrected chi connectivity index (χ4v) is 1.42. The Labute approximate surface area is 105 Å². The van der Waals surface area contributed by atoms with Gasteiger partial charge in [-0.15, -0.1) is 12.6 Å². The molecule has 0 aliphatic rings. The summed E-state index contributed by atoms with van der Waals surface area (Å²) in [5.41, 5.74) is 0. The Morgan fingerprint density at radius 3 is 1.83 bits per heavy atom. The maximum absolute atomic E-state index is 13.3. The normalized spacial score (nSPS) is 10.5. The van der Waals surface area contributed by atoms with Crippen molar-refractivity contribution in [1.29, 1.82) is 0 Å². The van der Waals surface area contributed by atoms with E-state index in [1.807, 2.05) is 0 Å². The van der Waals surface area contributed by atoms with Gasteiger partial charge in [-0.2, -0.15) is 8.78 Å². The number of thiol groups is 1. The molecule has 1 nitrogen and oxygen atoms in total. The third-order valence-electron chi connectivity index (χ3n) is 2.13. The van der Waals surface area contributed by atoms with Crippen molar-refractivity contribution in [1.82, 2.24) is 0 Å². The molecular weight excluding hydrogens is 268 g/mol. The van der Waals surface area contributed by atoms with Crippen LogP contribution < -0.4 is 4.74 Å². The van der Waals surface area contributed by atoms with Gasteiger partial charge in [-0.1, -0.05) is 0 Å². The summed E-state index contributed by atoms with van der Waals surface area (Å²) in [6, 6.07) is 5.86. The topological polar surface area (TPSA) is 9.23 Å². The molecule has 0 saturated carbocycles. The van der Waals surface area contributed by atoms with E-state index in [4.69, 9.17) is 4.74 Å². The van der Waals surface area contributed by atoms with Crippen LogP contribution in [0.3, 0.4) is 0 Å². The molecule has 0 saturated heterocycles. The van der Waals surface area contributed by atoms with E-state index in [1.54, 1.807) is 0 Å². The number of benzene rings is 2. The molecular formula is C12H6F4OS. The molecule has 94 valence electrons. The Bertz CT molecular complexity index is 557. The summed E-state index contributed by atoms with van der Waals surface area (Å²) in [6.07, 6.45) is 0. The van der Waals surface area contributed by atoms with Gasteiger partial charge in [0.05, 0.1) is 0 Å². The first-order valence-corrected chi connectivity index (χ1v) is 5.23. The van der Waals surface area contributed by atoms with Crippen molar-refractivity contribution in [3.8, 4) is 11.5 Å². The van der Waals surface area contributed by atoms with Gasteiger partial charge in [0.1, 0.15) is 5.75 Å². The Balaban J connectivity index is 2.42. The van der Waals surface area contributed by atoms with E-state index in [9.17, 15) is 17.6 Å². The molecule has 0 bridgehead atoms. The maximum atomic E-state index is 13.3. The third-order valence-corrected chi connectivity index (χ3v) is 2.43. The van der Waals surface area contributed by atoms with Crippen LogP contribution in [0, 0.1) is 23.3 Å². The Hall–Kier alpha value is -1.69. The number of halogens is 4. The molecule has 0 aliphatic carbocycles. The molecule has 0 aliphatic heterocycles. The smallest absolute Gasteiger partial charge is 0.204 e. The van der Waals surface area contributed by atoms with Gasteiger partial charge in [-0.3, -0.25) is 0 Å². The average Bonchev–Trinajstić information content (AvgIpc) is 2.34. The zero-order valence-corrected chi connectivity index (χ0v) is 9.65. The lowest BCUT2D eigenvalue weighted by molar-refractivity contribution is 0.366. The van der Waals surface area contributed by atoms with Crippen molar-refractivity contribution in [2.75, 3.05) is 0 Å².